The Balaban J connectivity index is 0.00000225. The molecule has 1 saturated heterocycles. The fourth-order valence-corrected chi connectivity index (χ4v) is 3.64. The maximum absolute atomic E-state index is 5.76. The van der Waals surface area contributed by atoms with Gasteiger partial charge < -0.3 is 19.7 Å². The number of nitrogens with one attached hydrogen (secondary N) is 1. The van der Waals surface area contributed by atoms with Crippen LogP contribution in [0.5, 0.6) is 5.75 Å². The summed E-state index contributed by atoms with van der Waals surface area (Å²) in [6.07, 6.45) is 3.61. The van der Waals surface area contributed by atoms with E-state index < -0.39 is 0 Å². The molecule has 0 radical (unpaired) electrons. The summed E-state index contributed by atoms with van der Waals surface area (Å²) in [5.74, 6) is 2.52. The van der Waals surface area contributed by atoms with Crippen LogP contribution in [0.1, 0.15) is 37.7 Å². The molecule has 1 aromatic carbocycles. The highest BCUT2D eigenvalue weighted by Crippen LogP contribution is 2.32. The van der Waals surface area contributed by atoms with Crippen molar-refractivity contribution in [1.82, 2.24) is 10.2 Å². The van der Waals surface area contributed by atoms with E-state index in [2.05, 4.69) is 40.3 Å². The first-order valence-electron chi connectivity index (χ1n) is 9.10. The smallest absolute Gasteiger partial charge is 0.193 e. The van der Waals surface area contributed by atoms with E-state index in [0.29, 0.717) is 12.0 Å². The standard InChI is InChI=1S/C19H29N3O2.HI/c1-3-23-16-8-11-22(12-9-16)19(20-2)21-14-15-10-13-24-18-7-5-4-6-17(15)18;/h4-7,15-16H,3,8-14H2,1-2H3,(H,20,21);1H. The highest BCUT2D eigenvalue weighted by atomic mass is 127. The van der Waals surface area contributed by atoms with Crippen molar-refractivity contribution in [2.45, 2.75) is 38.2 Å². The molecular weight excluding hydrogens is 429 g/mol. The second-order valence-electron chi connectivity index (χ2n) is 6.44. The SMILES string of the molecule is CCOC1CCN(C(=NC)NCC2CCOc3ccccc32)CC1.I. The number of likely N-dealkylation sites (tertiary alicyclic amines) is 1. The molecule has 0 spiro atoms. The van der Waals surface area contributed by atoms with E-state index in [9.17, 15) is 0 Å². The number of hydrogen-bond acceptors (Lipinski definition) is 3. The van der Waals surface area contributed by atoms with E-state index >= 15 is 0 Å². The molecular formula is C19H30IN3O2. The van der Waals surface area contributed by atoms with E-state index in [1.807, 2.05) is 13.1 Å². The first kappa shape index (κ1) is 20.3. The third kappa shape index (κ3) is 5.23. The summed E-state index contributed by atoms with van der Waals surface area (Å²) in [5, 5.41) is 3.58. The van der Waals surface area contributed by atoms with Gasteiger partial charge in [0.1, 0.15) is 5.75 Å². The van der Waals surface area contributed by atoms with Crippen LogP contribution < -0.4 is 10.1 Å². The number of para-hydroxylation sites is 1. The molecule has 1 atom stereocenters. The number of fused-ring (bicyclic) bond motifs is 1. The molecule has 3 rings (SSSR count). The minimum atomic E-state index is 0. The topological polar surface area (TPSA) is 46.1 Å². The monoisotopic (exact) mass is 459 g/mol. The van der Waals surface area contributed by atoms with Crippen LogP contribution in [-0.2, 0) is 4.74 Å². The fraction of sp³-hybridized carbons (Fsp3) is 0.632. The Morgan fingerprint density at radius 1 is 1.28 bits per heavy atom. The quantitative estimate of drug-likeness (QED) is 0.427. The van der Waals surface area contributed by atoms with Crippen molar-refractivity contribution in [2.75, 3.05) is 39.9 Å². The molecule has 0 saturated carbocycles. The summed E-state index contributed by atoms with van der Waals surface area (Å²) in [6.45, 7) is 6.59. The van der Waals surface area contributed by atoms with E-state index in [1.165, 1.54) is 5.56 Å². The molecule has 1 unspecified atom stereocenters. The Bertz CT molecular complexity index is 559. The van der Waals surface area contributed by atoms with Crippen molar-refractivity contribution in [1.29, 1.82) is 0 Å². The number of aliphatic imine (C=N–C) groups is 1. The second kappa shape index (κ2) is 10.2. The van der Waals surface area contributed by atoms with Crippen LogP contribution in [-0.4, -0.2) is 56.9 Å². The molecule has 0 aliphatic carbocycles. The van der Waals surface area contributed by atoms with Crippen molar-refractivity contribution >= 4 is 29.9 Å². The third-order valence-corrected chi connectivity index (χ3v) is 4.94. The molecule has 0 aromatic heterocycles. The summed E-state index contributed by atoms with van der Waals surface area (Å²) in [6, 6.07) is 8.37. The first-order valence-corrected chi connectivity index (χ1v) is 9.10. The summed E-state index contributed by atoms with van der Waals surface area (Å²) >= 11 is 0. The third-order valence-electron chi connectivity index (χ3n) is 4.94. The van der Waals surface area contributed by atoms with Gasteiger partial charge in [0.15, 0.2) is 5.96 Å². The Morgan fingerprint density at radius 2 is 2.04 bits per heavy atom. The summed E-state index contributed by atoms with van der Waals surface area (Å²) in [5.41, 5.74) is 1.31. The number of rotatable bonds is 4. The van der Waals surface area contributed by atoms with Gasteiger partial charge >= 0.3 is 0 Å². The van der Waals surface area contributed by atoms with Gasteiger partial charge in [0.2, 0.25) is 0 Å². The van der Waals surface area contributed by atoms with Crippen molar-refractivity contribution in [2.24, 2.45) is 4.99 Å². The molecule has 0 bridgehead atoms. The van der Waals surface area contributed by atoms with E-state index in [-0.39, 0.29) is 24.0 Å². The number of ether oxygens (including phenoxy) is 2. The lowest BCUT2D eigenvalue weighted by Crippen LogP contribution is -2.48. The van der Waals surface area contributed by atoms with Crippen molar-refractivity contribution < 1.29 is 9.47 Å². The van der Waals surface area contributed by atoms with Crippen molar-refractivity contribution in [3.05, 3.63) is 29.8 Å². The average molecular weight is 459 g/mol. The Morgan fingerprint density at radius 3 is 2.76 bits per heavy atom. The highest BCUT2D eigenvalue weighted by Gasteiger charge is 2.24. The van der Waals surface area contributed by atoms with Crippen LogP contribution in [0.15, 0.2) is 29.3 Å². The molecule has 1 N–H and O–H groups in total. The molecule has 1 fully saturated rings. The van der Waals surface area contributed by atoms with Crippen LogP contribution in [0.3, 0.4) is 0 Å². The number of hydrogen-bond donors (Lipinski definition) is 1. The molecule has 2 aliphatic rings. The summed E-state index contributed by atoms with van der Waals surface area (Å²) < 4.78 is 11.5. The maximum atomic E-state index is 5.76. The predicted molar refractivity (Wildman–Crippen MR) is 112 cm³/mol. The minimum Gasteiger partial charge on any atom is -0.493 e. The molecule has 2 aliphatic heterocycles. The van der Waals surface area contributed by atoms with Gasteiger partial charge in [0.05, 0.1) is 12.7 Å². The molecule has 2 heterocycles. The highest BCUT2D eigenvalue weighted by molar-refractivity contribution is 14.0. The van der Waals surface area contributed by atoms with Gasteiger partial charge in [-0.3, -0.25) is 4.99 Å². The molecule has 140 valence electrons. The normalized spacial score (nSPS) is 21.1. The molecule has 0 amide bonds. The van der Waals surface area contributed by atoms with Gasteiger partial charge in [-0.25, -0.2) is 0 Å². The molecule has 1 aromatic rings. The van der Waals surface area contributed by atoms with Gasteiger partial charge in [-0.05, 0) is 37.8 Å². The molecule has 6 heteroatoms. The lowest BCUT2D eigenvalue weighted by atomic mass is 9.93. The number of benzene rings is 1. The molecule has 5 nitrogen and oxygen atoms in total. The Labute approximate surface area is 168 Å². The van der Waals surface area contributed by atoms with Crippen molar-refractivity contribution in [3.8, 4) is 5.75 Å². The van der Waals surface area contributed by atoms with E-state index in [0.717, 1.165) is 63.8 Å². The minimum absolute atomic E-state index is 0. The van der Waals surface area contributed by atoms with Gasteiger partial charge in [-0.1, -0.05) is 18.2 Å². The average Bonchev–Trinajstić information content (AvgIpc) is 2.64. The van der Waals surface area contributed by atoms with Crippen LogP contribution in [0.2, 0.25) is 0 Å². The Kier molecular flexibility index (Phi) is 8.29. The van der Waals surface area contributed by atoms with Gasteiger partial charge in [0, 0.05) is 39.2 Å². The number of nitrogens with zero attached hydrogens (tertiary/aromatic N) is 2. The Hall–Kier alpha value is -1.02. The summed E-state index contributed by atoms with van der Waals surface area (Å²) in [4.78, 5) is 6.83. The van der Waals surface area contributed by atoms with E-state index in [1.54, 1.807) is 0 Å². The zero-order chi connectivity index (χ0) is 16.8. The summed E-state index contributed by atoms with van der Waals surface area (Å²) in [7, 11) is 1.87. The zero-order valence-corrected chi connectivity index (χ0v) is 17.6. The van der Waals surface area contributed by atoms with Crippen LogP contribution in [0.4, 0.5) is 0 Å². The number of halogens is 1. The lowest BCUT2D eigenvalue weighted by molar-refractivity contribution is 0.0263. The predicted octanol–water partition coefficient (Wildman–Crippen LogP) is 3.25. The van der Waals surface area contributed by atoms with E-state index in [4.69, 9.17) is 9.47 Å². The fourth-order valence-electron chi connectivity index (χ4n) is 3.64. The zero-order valence-electron chi connectivity index (χ0n) is 15.2. The van der Waals surface area contributed by atoms with Gasteiger partial charge in [0.25, 0.3) is 0 Å². The maximum Gasteiger partial charge on any atom is 0.193 e. The first-order chi connectivity index (χ1) is 11.8. The van der Waals surface area contributed by atoms with Crippen LogP contribution >= 0.6 is 24.0 Å². The van der Waals surface area contributed by atoms with Gasteiger partial charge in [-0.2, -0.15) is 0 Å². The second-order valence-corrected chi connectivity index (χ2v) is 6.44. The lowest BCUT2D eigenvalue weighted by Gasteiger charge is -2.35. The molecule has 25 heavy (non-hydrogen) atoms. The number of piperidine rings is 1. The van der Waals surface area contributed by atoms with Crippen LogP contribution in [0, 0.1) is 0 Å². The van der Waals surface area contributed by atoms with Crippen LogP contribution in [0.25, 0.3) is 0 Å². The van der Waals surface area contributed by atoms with Crippen molar-refractivity contribution in [3.63, 3.8) is 0 Å². The van der Waals surface area contributed by atoms with Gasteiger partial charge in [-0.15, -0.1) is 24.0 Å². The number of guanidine groups is 1. The largest absolute Gasteiger partial charge is 0.493 e.